The molecule has 1 atom stereocenters. The van der Waals surface area contributed by atoms with Crippen LogP contribution in [0.15, 0.2) is 16.7 Å². The van der Waals surface area contributed by atoms with Gasteiger partial charge in [-0.3, -0.25) is 0 Å². The number of carbonyl (C=O) groups is 1. The Morgan fingerprint density at radius 3 is 3.16 bits per heavy atom. The Kier molecular flexibility index (Phi) is 4.99. The van der Waals surface area contributed by atoms with E-state index in [0.717, 1.165) is 25.2 Å². The van der Waals surface area contributed by atoms with E-state index in [9.17, 15) is 4.79 Å². The molecule has 0 aliphatic carbocycles. The zero-order valence-corrected chi connectivity index (χ0v) is 11.6. The third-order valence-corrected chi connectivity index (χ3v) is 3.53. The highest BCUT2D eigenvalue weighted by Crippen LogP contribution is 2.16. The van der Waals surface area contributed by atoms with Gasteiger partial charge in [-0.25, -0.2) is 4.79 Å². The summed E-state index contributed by atoms with van der Waals surface area (Å²) in [4.78, 5) is 13.8. The van der Waals surface area contributed by atoms with Crippen molar-refractivity contribution in [2.45, 2.75) is 19.4 Å². The molecule has 1 fully saturated rings. The summed E-state index contributed by atoms with van der Waals surface area (Å²) in [5.74, 6) is 0.594. The van der Waals surface area contributed by atoms with E-state index in [1.165, 1.54) is 26.2 Å². The minimum atomic E-state index is -0.410. The van der Waals surface area contributed by atoms with Crippen molar-refractivity contribution in [2.75, 3.05) is 33.8 Å². The highest BCUT2D eigenvalue weighted by Gasteiger charge is 2.19. The largest absolute Gasteiger partial charge is 0.463 e. The van der Waals surface area contributed by atoms with Crippen LogP contribution in [0.4, 0.5) is 0 Å². The maximum absolute atomic E-state index is 11.5. The van der Waals surface area contributed by atoms with Crippen molar-refractivity contribution in [2.24, 2.45) is 5.92 Å². The van der Waals surface area contributed by atoms with E-state index >= 15 is 0 Å². The lowest BCUT2D eigenvalue weighted by atomic mass is 9.99. The highest BCUT2D eigenvalue weighted by molar-refractivity contribution is 5.87. The van der Waals surface area contributed by atoms with Gasteiger partial charge in [0.05, 0.1) is 13.4 Å². The second-order valence-corrected chi connectivity index (χ2v) is 5.18. The number of hydrogen-bond acceptors (Lipinski definition) is 5. The lowest BCUT2D eigenvalue weighted by Gasteiger charge is -2.27. The molecule has 5 nitrogen and oxygen atoms in total. The molecule has 1 aliphatic rings. The molecule has 1 aromatic heterocycles. The molecule has 0 aromatic carbocycles. The zero-order valence-electron chi connectivity index (χ0n) is 11.6. The number of hydrogen-bond donors (Lipinski definition) is 1. The molecule has 0 saturated carbocycles. The number of rotatable bonds is 5. The molecule has 106 valence electrons. The Morgan fingerprint density at radius 1 is 1.63 bits per heavy atom. The molecule has 1 aromatic rings. The van der Waals surface area contributed by atoms with Crippen molar-refractivity contribution in [3.8, 4) is 0 Å². The van der Waals surface area contributed by atoms with Gasteiger partial charge in [0, 0.05) is 18.7 Å². The van der Waals surface area contributed by atoms with Crippen molar-refractivity contribution in [3.05, 3.63) is 23.7 Å². The Hall–Kier alpha value is -1.33. The monoisotopic (exact) mass is 266 g/mol. The molecule has 2 heterocycles. The van der Waals surface area contributed by atoms with E-state index in [0.29, 0.717) is 18.2 Å². The van der Waals surface area contributed by atoms with Gasteiger partial charge < -0.3 is 19.4 Å². The van der Waals surface area contributed by atoms with E-state index in [2.05, 4.69) is 17.3 Å². The summed E-state index contributed by atoms with van der Waals surface area (Å²) in [7, 11) is 3.44. The van der Waals surface area contributed by atoms with Crippen LogP contribution >= 0.6 is 0 Å². The van der Waals surface area contributed by atoms with Crippen molar-refractivity contribution in [1.29, 1.82) is 0 Å². The van der Waals surface area contributed by atoms with E-state index < -0.39 is 5.97 Å². The maximum atomic E-state index is 11.5. The normalized spacial score (nSPS) is 19.6. The van der Waals surface area contributed by atoms with Gasteiger partial charge in [-0.1, -0.05) is 0 Å². The van der Waals surface area contributed by atoms with Crippen LogP contribution < -0.4 is 5.32 Å². The molecule has 0 amide bonds. The number of nitrogens with zero attached hydrogens (tertiary/aromatic N) is 1. The predicted octanol–water partition coefficient (Wildman–Crippen LogP) is 1.50. The Balaban J connectivity index is 1.89. The third-order valence-electron chi connectivity index (χ3n) is 3.53. The fourth-order valence-electron chi connectivity index (χ4n) is 2.61. The highest BCUT2D eigenvalue weighted by atomic mass is 16.5. The summed E-state index contributed by atoms with van der Waals surface area (Å²) in [6.45, 7) is 3.95. The van der Waals surface area contributed by atoms with Crippen molar-refractivity contribution < 1.29 is 13.9 Å². The predicted molar refractivity (Wildman–Crippen MR) is 72.0 cm³/mol. The van der Waals surface area contributed by atoms with Crippen LogP contribution in [0.3, 0.4) is 0 Å². The number of carbonyl (C=O) groups excluding carboxylic acids is 1. The molecule has 0 bridgehead atoms. The molecule has 0 spiro atoms. The van der Waals surface area contributed by atoms with Crippen LogP contribution in [-0.4, -0.2) is 44.7 Å². The van der Waals surface area contributed by atoms with Crippen LogP contribution in [0.2, 0.25) is 0 Å². The van der Waals surface area contributed by atoms with E-state index in [-0.39, 0.29) is 0 Å². The molecule has 1 N–H and O–H groups in total. The Bertz CT molecular complexity index is 411. The van der Waals surface area contributed by atoms with Crippen LogP contribution in [-0.2, 0) is 11.3 Å². The standard InChI is InChI=1S/C14H22N2O3/c1-16(9-11-4-3-6-15-8-11)10-12-5-7-19-13(12)14(17)18-2/h5,7,11,15H,3-4,6,8-10H2,1-2H3. The van der Waals surface area contributed by atoms with Gasteiger partial charge in [-0.15, -0.1) is 0 Å². The smallest absolute Gasteiger partial charge is 0.374 e. The van der Waals surface area contributed by atoms with E-state index in [4.69, 9.17) is 9.15 Å². The Morgan fingerprint density at radius 2 is 2.47 bits per heavy atom. The first-order valence-electron chi connectivity index (χ1n) is 6.74. The first kappa shape index (κ1) is 14.1. The van der Waals surface area contributed by atoms with E-state index in [1.807, 2.05) is 6.07 Å². The lowest BCUT2D eigenvalue weighted by Crippen LogP contribution is -2.36. The summed E-state index contributed by atoms with van der Waals surface area (Å²) in [6.07, 6.45) is 4.06. The van der Waals surface area contributed by atoms with Gasteiger partial charge in [-0.05, 0) is 45.0 Å². The van der Waals surface area contributed by atoms with Crippen molar-refractivity contribution >= 4 is 5.97 Å². The second kappa shape index (κ2) is 6.73. The number of methoxy groups -OCH3 is 1. The molecule has 2 rings (SSSR count). The molecule has 5 heteroatoms. The first-order chi connectivity index (χ1) is 9.20. The number of ether oxygens (including phenoxy) is 1. The fraction of sp³-hybridized carbons (Fsp3) is 0.643. The van der Waals surface area contributed by atoms with Crippen molar-refractivity contribution in [1.82, 2.24) is 10.2 Å². The van der Waals surface area contributed by atoms with Gasteiger partial charge in [0.15, 0.2) is 0 Å². The summed E-state index contributed by atoms with van der Waals surface area (Å²) >= 11 is 0. The average molecular weight is 266 g/mol. The average Bonchev–Trinajstić information content (AvgIpc) is 2.87. The molecular formula is C14H22N2O3. The van der Waals surface area contributed by atoms with Gasteiger partial charge in [0.25, 0.3) is 0 Å². The Labute approximate surface area is 113 Å². The molecule has 0 radical (unpaired) electrons. The molecule has 19 heavy (non-hydrogen) atoms. The fourth-order valence-corrected chi connectivity index (χ4v) is 2.61. The van der Waals surface area contributed by atoms with Gasteiger partial charge in [-0.2, -0.15) is 0 Å². The lowest BCUT2D eigenvalue weighted by molar-refractivity contribution is 0.0562. The van der Waals surface area contributed by atoms with Crippen LogP contribution in [0.1, 0.15) is 29.0 Å². The summed E-state index contributed by atoms with van der Waals surface area (Å²) in [6, 6.07) is 1.84. The van der Waals surface area contributed by atoms with Gasteiger partial charge in [0.2, 0.25) is 5.76 Å². The molecular weight excluding hydrogens is 244 g/mol. The number of nitrogens with one attached hydrogen (secondary N) is 1. The minimum absolute atomic E-state index is 0.316. The minimum Gasteiger partial charge on any atom is -0.463 e. The molecule has 1 aliphatic heterocycles. The number of piperidine rings is 1. The van der Waals surface area contributed by atoms with Gasteiger partial charge in [0.1, 0.15) is 0 Å². The van der Waals surface area contributed by atoms with Crippen molar-refractivity contribution in [3.63, 3.8) is 0 Å². The first-order valence-corrected chi connectivity index (χ1v) is 6.74. The summed E-state index contributed by atoms with van der Waals surface area (Å²) < 4.78 is 9.90. The van der Waals surface area contributed by atoms with Crippen LogP contribution in [0.5, 0.6) is 0 Å². The number of esters is 1. The zero-order chi connectivity index (χ0) is 13.7. The summed E-state index contributed by atoms with van der Waals surface area (Å²) in [5.41, 5.74) is 0.887. The quantitative estimate of drug-likeness (QED) is 0.818. The van der Waals surface area contributed by atoms with Crippen LogP contribution in [0, 0.1) is 5.92 Å². The second-order valence-electron chi connectivity index (χ2n) is 5.18. The maximum Gasteiger partial charge on any atom is 0.374 e. The number of furan rings is 1. The van der Waals surface area contributed by atoms with Gasteiger partial charge >= 0.3 is 5.97 Å². The van der Waals surface area contributed by atoms with Crippen LogP contribution in [0.25, 0.3) is 0 Å². The van der Waals surface area contributed by atoms with E-state index in [1.54, 1.807) is 0 Å². The third kappa shape index (κ3) is 3.81. The SMILES string of the molecule is COC(=O)c1occc1CN(C)CC1CCCNC1. The molecule has 1 unspecified atom stereocenters. The summed E-state index contributed by atoms with van der Waals surface area (Å²) in [5, 5.41) is 3.42. The molecule has 1 saturated heterocycles. The topological polar surface area (TPSA) is 54.7 Å².